The molecule has 2 nitrogen and oxygen atoms in total. The molecule has 0 spiro atoms. The van der Waals surface area contributed by atoms with Crippen molar-refractivity contribution in [3.05, 3.63) is 69.1 Å². The molecule has 0 heterocycles. The molecule has 110 valence electrons. The van der Waals surface area contributed by atoms with Gasteiger partial charge in [0, 0.05) is 16.7 Å². The Balaban J connectivity index is 2.03. The Morgan fingerprint density at radius 3 is 2.67 bits per heavy atom. The van der Waals surface area contributed by atoms with Crippen LogP contribution in [-0.4, -0.2) is 6.61 Å². The summed E-state index contributed by atoms with van der Waals surface area (Å²) in [7, 11) is 0. The van der Waals surface area contributed by atoms with Gasteiger partial charge in [-0.1, -0.05) is 34.7 Å². The van der Waals surface area contributed by atoms with Gasteiger partial charge in [-0.2, -0.15) is 0 Å². The summed E-state index contributed by atoms with van der Waals surface area (Å²) in [6, 6.07) is 12.3. The van der Waals surface area contributed by atoms with Crippen molar-refractivity contribution in [3.63, 3.8) is 0 Å². The van der Waals surface area contributed by atoms with E-state index in [0.717, 1.165) is 26.9 Å². The third kappa shape index (κ3) is 4.61. The predicted molar refractivity (Wildman–Crippen MR) is 96.0 cm³/mol. The van der Waals surface area contributed by atoms with Crippen LogP contribution in [0.2, 0.25) is 0 Å². The average molecular weight is 411 g/mol. The number of benzene rings is 2. The molecule has 0 aliphatic rings. The zero-order chi connectivity index (χ0) is 15.2. The summed E-state index contributed by atoms with van der Waals surface area (Å²) >= 11 is 7.01. The summed E-state index contributed by atoms with van der Waals surface area (Å²) in [5.74, 6) is 0.832. The van der Waals surface area contributed by atoms with Crippen molar-refractivity contribution in [2.24, 2.45) is 0 Å². The van der Waals surface area contributed by atoms with Gasteiger partial charge in [0.2, 0.25) is 0 Å². The van der Waals surface area contributed by atoms with Crippen LogP contribution >= 0.6 is 31.9 Å². The molecule has 0 saturated carbocycles. The van der Waals surface area contributed by atoms with Gasteiger partial charge in [-0.3, -0.25) is 0 Å². The van der Waals surface area contributed by atoms with Gasteiger partial charge < -0.3 is 10.1 Å². The molecule has 0 amide bonds. The maximum Gasteiger partial charge on any atom is 0.133 e. The lowest BCUT2D eigenvalue weighted by atomic mass is 10.1. The zero-order valence-electron chi connectivity index (χ0n) is 11.8. The number of aryl methyl sites for hydroxylation is 1. The molecule has 0 bridgehead atoms. The summed E-state index contributed by atoms with van der Waals surface area (Å²) in [6.45, 7) is 7.01. The molecular weight excluding hydrogens is 394 g/mol. The zero-order valence-corrected chi connectivity index (χ0v) is 15.0. The molecule has 2 aromatic carbocycles. The normalized spacial score (nSPS) is 10.2. The molecule has 0 atom stereocenters. The van der Waals surface area contributed by atoms with Gasteiger partial charge in [-0.05, 0) is 64.3 Å². The monoisotopic (exact) mass is 409 g/mol. The van der Waals surface area contributed by atoms with E-state index < -0.39 is 0 Å². The first kappa shape index (κ1) is 16.1. The van der Waals surface area contributed by atoms with Crippen LogP contribution in [-0.2, 0) is 6.54 Å². The topological polar surface area (TPSA) is 21.3 Å². The highest BCUT2D eigenvalue weighted by Crippen LogP contribution is 2.27. The predicted octanol–water partition coefficient (Wildman–Crippen LogP) is 5.70. The van der Waals surface area contributed by atoms with E-state index in [1.54, 1.807) is 6.08 Å². The van der Waals surface area contributed by atoms with Crippen LogP contribution in [0, 0.1) is 6.92 Å². The number of rotatable bonds is 6. The van der Waals surface area contributed by atoms with Crippen LogP contribution in [0.25, 0.3) is 0 Å². The molecule has 0 radical (unpaired) electrons. The Morgan fingerprint density at radius 1 is 1.19 bits per heavy atom. The van der Waals surface area contributed by atoms with Crippen LogP contribution in [0.5, 0.6) is 5.75 Å². The van der Waals surface area contributed by atoms with Crippen LogP contribution in [0.4, 0.5) is 5.69 Å². The molecular formula is C17H17Br2NO. The number of ether oxygens (including phenoxy) is 1. The molecule has 2 rings (SSSR count). The molecule has 0 fully saturated rings. The molecule has 21 heavy (non-hydrogen) atoms. The molecule has 0 aromatic heterocycles. The number of nitrogens with one attached hydrogen (secondary N) is 1. The summed E-state index contributed by atoms with van der Waals surface area (Å²) < 4.78 is 7.59. The SMILES string of the molecule is C=CCOc1ccc(CNc2ccc(Br)cc2C)cc1Br. The fourth-order valence-corrected chi connectivity index (χ4v) is 2.96. The minimum absolute atomic E-state index is 0.508. The summed E-state index contributed by atoms with van der Waals surface area (Å²) in [4.78, 5) is 0. The number of hydrogen-bond donors (Lipinski definition) is 1. The number of halogens is 2. The Bertz CT molecular complexity index is 641. The van der Waals surface area contributed by atoms with E-state index in [2.05, 4.69) is 74.9 Å². The highest BCUT2D eigenvalue weighted by molar-refractivity contribution is 9.10. The second-order valence-electron chi connectivity index (χ2n) is 4.68. The Hall–Kier alpha value is -1.26. The van der Waals surface area contributed by atoms with Crippen LogP contribution in [0.3, 0.4) is 0 Å². The van der Waals surface area contributed by atoms with Crippen molar-refractivity contribution in [1.29, 1.82) is 0 Å². The van der Waals surface area contributed by atoms with Gasteiger partial charge in [0.05, 0.1) is 4.47 Å². The fraction of sp³-hybridized carbons (Fsp3) is 0.176. The fourth-order valence-electron chi connectivity index (χ4n) is 1.94. The standard InChI is InChI=1S/C17H17Br2NO/c1-3-8-21-17-7-4-13(10-15(17)19)11-20-16-6-5-14(18)9-12(16)2/h3-7,9-10,20H,1,8,11H2,2H3. The first-order valence-corrected chi connectivity index (χ1v) is 8.21. The van der Waals surface area contributed by atoms with Crippen molar-refractivity contribution >= 4 is 37.5 Å². The van der Waals surface area contributed by atoms with Crippen LogP contribution in [0.15, 0.2) is 58.0 Å². The van der Waals surface area contributed by atoms with E-state index >= 15 is 0 Å². The number of anilines is 1. The van der Waals surface area contributed by atoms with Crippen molar-refractivity contribution < 1.29 is 4.74 Å². The van der Waals surface area contributed by atoms with Gasteiger partial charge in [0.1, 0.15) is 12.4 Å². The molecule has 4 heteroatoms. The van der Waals surface area contributed by atoms with E-state index in [1.165, 1.54) is 11.1 Å². The van der Waals surface area contributed by atoms with Crippen LogP contribution < -0.4 is 10.1 Å². The quantitative estimate of drug-likeness (QED) is 0.617. The smallest absolute Gasteiger partial charge is 0.133 e. The lowest BCUT2D eigenvalue weighted by Crippen LogP contribution is -2.01. The Morgan fingerprint density at radius 2 is 2.00 bits per heavy atom. The van der Waals surface area contributed by atoms with E-state index in [1.807, 2.05) is 12.1 Å². The summed E-state index contributed by atoms with van der Waals surface area (Å²) in [5, 5.41) is 3.45. The average Bonchev–Trinajstić information content (AvgIpc) is 2.45. The lowest BCUT2D eigenvalue weighted by Gasteiger charge is -2.12. The van der Waals surface area contributed by atoms with Crippen LogP contribution in [0.1, 0.15) is 11.1 Å². The maximum absolute atomic E-state index is 5.55. The Labute approximate surface area is 142 Å². The summed E-state index contributed by atoms with van der Waals surface area (Å²) in [6.07, 6.45) is 1.73. The third-order valence-electron chi connectivity index (χ3n) is 3.02. The second kappa shape index (κ2) is 7.66. The second-order valence-corrected chi connectivity index (χ2v) is 6.45. The first-order chi connectivity index (χ1) is 10.1. The van der Waals surface area contributed by atoms with Crippen molar-refractivity contribution in [2.45, 2.75) is 13.5 Å². The van der Waals surface area contributed by atoms with Gasteiger partial charge in [0.25, 0.3) is 0 Å². The van der Waals surface area contributed by atoms with Gasteiger partial charge >= 0.3 is 0 Å². The number of hydrogen-bond acceptors (Lipinski definition) is 2. The van der Waals surface area contributed by atoms with E-state index in [-0.39, 0.29) is 0 Å². The minimum Gasteiger partial charge on any atom is -0.488 e. The maximum atomic E-state index is 5.55. The third-order valence-corrected chi connectivity index (χ3v) is 4.14. The minimum atomic E-state index is 0.508. The largest absolute Gasteiger partial charge is 0.488 e. The van der Waals surface area contributed by atoms with Crippen molar-refractivity contribution in [3.8, 4) is 5.75 Å². The van der Waals surface area contributed by atoms with E-state index in [0.29, 0.717) is 6.61 Å². The molecule has 1 N–H and O–H groups in total. The van der Waals surface area contributed by atoms with Gasteiger partial charge in [0.15, 0.2) is 0 Å². The van der Waals surface area contributed by atoms with Crippen molar-refractivity contribution in [2.75, 3.05) is 11.9 Å². The molecule has 0 saturated heterocycles. The van der Waals surface area contributed by atoms with Gasteiger partial charge in [-0.25, -0.2) is 0 Å². The Kier molecular flexibility index (Phi) is 5.88. The van der Waals surface area contributed by atoms with Gasteiger partial charge in [-0.15, -0.1) is 0 Å². The summed E-state index contributed by atoms with van der Waals surface area (Å²) in [5.41, 5.74) is 3.55. The molecule has 2 aromatic rings. The van der Waals surface area contributed by atoms with E-state index in [4.69, 9.17) is 4.74 Å². The van der Waals surface area contributed by atoms with E-state index in [9.17, 15) is 0 Å². The highest BCUT2D eigenvalue weighted by Gasteiger charge is 2.03. The highest BCUT2D eigenvalue weighted by atomic mass is 79.9. The van der Waals surface area contributed by atoms with Crippen molar-refractivity contribution in [1.82, 2.24) is 0 Å². The molecule has 0 aliphatic heterocycles. The lowest BCUT2D eigenvalue weighted by molar-refractivity contribution is 0.361. The molecule has 0 aliphatic carbocycles. The molecule has 0 unspecified atom stereocenters. The first-order valence-electron chi connectivity index (χ1n) is 6.62.